The van der Waals surface area contributed by atoms with Crippen molar-refractivity contribution in [3.05, 3.63) is 6.20 Å². The second-order valence-corrected chi connectivity index (χ2v) is 6.55. The Hall–Kier alpha value is -1.29. The first-order valence-electron chi connectivity index (χ1n) is 6.40. The molecule has 0 aliphatic heterocycles. The van der Waals surface area contributed by atoms with E-state index < -0.39 is 33.7 Å². The molecular formula is C11H19F3N4O2S. The first-order chi connectivity index (χ1) is 9.52. The second kappa shape index (κ2) is 6.22. The van der Waals surface area contributed by atoms with Crippen molar-refractivity contribution >= 4 is 15.8 Å². The monoisotopic (exact) mass is 328 g/mol. The molecule has 10 heteroatoms. The van der Waals surface area contributed by atoms with Crippen LogP contribution in [0.4, 0.5) is 19.0 Å². The molecule has 0 saturated heterocycles. The maximum Gasteiger partial charge on any atom is 0.402 e. The first-order valence-corrected chi connectivity index (χ1v) is 7.84. The predicted octanol–water partition coefficient (Wildman–Crippen LogP) is 1.74. The number of nitrogens with zero attached hydrogens (tertiary/aromatic N) is 3. The van der Waals surface area contributed by atoms with Crippen LogP contribution in [0.15, 0.2) is 11.1 Å². The van der Waals surface area contributed by atoms with Crippen LogP contribution in [0.1, 0.15) is 26.7 Å². The highest BCUT2D eigenvalue weighted by Crippen LogP contribution is 2.28. The summed E-state index contributed by atoms with van der Waals surface area (Å²) in [6.07, 6.45) is -2.99. The summed E-state index contributed by atoms with van der Waals surface area (Å²) in [6, 6.07) is -0.753. The molecule has 0 amide bonds. The Morgan fingerprint density at radius 1 is 1.38 bits per heavy atom. The smallest absolute Gasteiger partial charge is 0.381 e. The summed E-state index contributed by atoms with van der Waals surface area (Å²) in [5, 5.41) is 3.67. The average Bonchev–Trinajstić information content (AvgIpc) is 2.68. The number of aromatic nitrogens is 2. The lowest BCUT2D eigenvalue weighted by atomic mass is 10.2. The number of rotatable bonds is 6. The Bertz CT molecular complexity index is 579. The summed E-state index contributed by atoms with van der Waals surface area (Å²) in [5.41, 5.74) is 5.49. The Balaban J connectivity index is 3.32. The third kappa shape index (κ3) is 4.10. The third-order valence-electron chi connectivity index (χ3n) is 3.09. The topological polar surface area (TPSA) is 81.2 Å². The zero-order valence-corrected chi connectivity index (χ0v) is 12.9. The fourth-order valence-corrected chi connectivity index (χ4v) is 3.94. The van der Waals surface area contributed by atoms with Crippen molar-refractivity contribution in [2.75, 3.05) is 12.3 Å². The van der Waals surface area contributed by atoms with Crippen molar-refractivity contribution in [2.24, 2.45) is 7.05 Å². The van der Waals surface area contributed by atoms with E-state index in [-0.39, 0.29) is 18.7 Å². The van der Waals surface area contributed by atoms with Gasteiger partial charge in [0.25, 0.3) is 0 Å². The van der Waals surface area contributed by atoms with E-state index in [2.05, 4.69) is 5.10 Å². The quantitative estimate of drug-likeness (QED) is 0.862. The molecule has 0 radical (unpaired) electrons. The molecule has 6 nitrogen and oxygen atoms in total. The minimum atomic E-state index is -4.63. The van der Waals surface area contributed by atoms with Crippen molar-refractivity contribution < 1.29 is 21.6 Å². The number of nitrogen functional groups attached to an aromatic ring is 1. The highest BCUT2D eigenvalue weighted by atomic mass is 32.2. The molecule has 1 aromatic heterocycles. The van der Waals surface area contributed by atoms with Crippen molar-refractivity contribution in [3.8, 4) is 0 Å². The predicted molar refractivity (Wildman–Crippen MR) is 71.9 cm³/mol. The molecule has 0 aromatic carbocycles. The molecule has 0 bridgehead atoms. The molecule has 0 unspecified atom stereocenters. The highest BCUT2D eigenvalue weighted by molar-refractivity contribution is 7.89. The van der Waals surface area contributed by atoms with E-state index in [0.717, 1.165) is 10.9 Å². The summed E-state index contributed by atoms with van der Waals surface area (Å²) in [6.45, 7) is 1.73. The largest absolute Gasteiger partial charge is 0.402 e. The molecule has 0 atom stereocenters. The van der Waals surface area contributed by atoms with Gasteiger partial charge in [0.2, 0.25) is 10.0 Å². The summed E-state index contributed by atoms with van der Waals surface area (Å²) in [4.78, 5) is -0.402. The van der Waals surface area contributed by atoms with Crippen LogP contribution in [-0.2, 0) is 17.1 Å². The van der Waals surface area contributed by atoms with Crippen LogP contribution in [0.5, 0.6) is 0 Å². The van der Waals surface area contributed by atoms with Crippen LogP contribution >= 0.6 is 0 Å². The van der Waals surface area contributed by atoms with Crippen LogP contribution in [-0.4, -0.2) is 41.3 Å². The summed E-state index contributed by atoms with van der Waals surface area (Å²) >= 11 is 0. The Morgan fingerprint density at radius 2 is 1.90 bits per heavy atom. The number of halogens is 3. The van der Waals surface area contributed by atoms with E-state index in [1.165, 1.54) is 7.05 Å². The summed E-state index contributed by atoms with van der Waals surface area (Å²) in [5.74, 6) is -0.310. The zero-order chi connectivity index (χ0) is 16.4. The number of alkyl halides is 3. The highest BCUT2D eigenvalue weighted by Gasteiger charge is 2.41. The van der Waals surface area contributed by atoms with Gasteiger partial charge in [0.1, 0.15) is 11.4 Å². The second-order valence-electron chi connectivity index (χ2n) is 4.69. The van der Waals surface area contributed by atoms with Gasteiger partial charge < -0.3 is 5.73 Å². The number of hydrogen-bond donors (Lipinski definition) is 1. The van der Waals surface area contributed by atoms with Gasteiger partial charge in [-0.15, -0.1) is 0 Å². The molecule has 0 saturated carbocycles. The Labute approximate surface area is 121 Å². The average molecular weight is 328 g/mol. The zero-order valence-electron chi connectivity index (χ0n) is 12.1. The van der Waals surface area contributed by atoms with Crippen LogP contribution in [0.2, 0.25) is 0 Å². The van der Waals surface area contributed by atoms with Gasteiger partial charge in [0, 0.05) is 19.3 Å². The molecular weight excluding hydrogens is 309 g/mol. The molecule has 0 aliphatic rings. The lowest BCUT2D eigenvalue weighted by molar-refractivity contribution is -0.139. The molecule has 122 valence electrons. The van der Waals surface area contributed by atoms with Crippen LogP contribution in [0, 0.1) is 0 Å². The van der Waals surface area contributed by atoms with E-state index in [1.54, 1.807) is 13.8 Å². The van der Waals surface area contributed by atoms with Gasteiger partial charge in [-0.05, 0) is 12.8 Å². The van der Waals surface area contributed by atoms with Gasteiger partial charge in [-0.3, -0.25) is 4.68 Å². The lowest BCUT2D eigenvalue weighted by Crippen LogP contribution is -2.45. The fourth-order valence-electron chi connectivity index (χ4n) is 2.09. The third-order valence-corrected chi connectivity index (χ3v) is 5.01. The van der Waals surface area contributed by atoms with E-state index >= 15 is 0 Å². The number of sulfonamides is 1. The maximum absolute atomic E-state index is 12.7. The minimum absolute atomic E-state index is 0.270. The standard InChI is InChI=1S/C11H19F3N4O2S/c1-4-8(5-2)18(7-11(12,13)14)21(19,20)9-6-17(3)16-10(9)15/h6,8H,4-5,7H2,1-3H3,(H2,15,16). The maximum atomic E-state index is 12.7. The molecule has 2 N–H and O–H groups in total. The summed E-state index contributed by atoms with van der Waals surface area (Å²) in [7, 11) is -2.92. The van der Waals surface area contributed by atoms with Crippen molar-refractivity contribution in [2.45, 2.75) is 43.8 Å². The molecule has 1 heterocycles. The van der Waals surface area contributed by atoms with Gasteiger partial charge in [0.15, 0.2) is 5.82 Å². The van der Waals surface area contributed by atoms with Gasteiger partial charge in [-0.2, -0.15) is 22.6 Å². The molecule has 0 spiro atoms. The van der Waals surface area contributed by atoms with Gasteiger partial charge in [0.05, 0.1) is 0 Å². The molecule has 0 aliphatic carbocycles. The molecule has 21 heavy (non-hydrogen) atoms. The van der Waals surface area contributed by atoms with Crippen molar-refractivity contribution in [1.29, 1.82) is 0 Å². The summed E-state index contributed by atoms with van der Waals surface area (Å²) < 4.78 is 64.8. The van der Waals surface area contributed by atoms with E-state index in [4.69, 9.17) is 5.73 Å². The van der Waals surface area contributed by atoms with E-state index in [1.807, 2.05) is 0 Å². The van der Waals surface area contributed by atoms with Crippen LogP contribution in [0.25, 0.3) is 0 Å². The van der Waals surface area contributed by atoms with Crippen molar-refractivity contribution in [1.82, 2.24) is 14.1 Å². The number of hydrogen-bond acceptors (Lipinski definition) is 4. The molecule has 1 rings (SSSR count). The number of nitrogens with two attached hydrogens (primary N) is 1. The van der Waals surface area contributed by atoms with Crippen LogP contribution in [0.3, 0.4) is 0 Å². The minimum Gasteiger partial charge on any atom is -0.381 e. The van der Waals surface area contributed by atoms with E-state index in [0.29, 0.717) is 4.31 Å². The molecule has 1 aromatic rings. The molecule has 0 fully saturated rings. The fraction of sp³-hybridized carbons (Fsp3) is 0.727. The Kier molecular flexibility index (Phi) is 5.26. The lowest BCUT2D eigenvalue weighted by Gasteiger charge is -2.29. The van der Waals surface area contributed by atoms with Gasteiger partial charge in [-0.25, -0.2) is 8.42 Å². The van der Waals surface area contributed by atoms with E-state index in [9.17, 15) is 21.6 Å². The SMILES string of the molecule is CCC(CC)N(CC(F)(F)F)S(=O)(=O)c1cn(C)nc1N. The van der Waals surface area contributed by atoms with Crippen molar-refractivity contribution in [3.63, 3.8) is 0 Å². The normalized spacial score (nSPS) is 13.3. The Morgan fingerprint density at radius 3 is 2.24 bits per heavy atom. The number of anilines is 1. The number of aryl methyl sites for hydroxylation is 1. The first kappa shape index (κ1) is 17.8. The van der Waals surface area contributed by atoms with Gasteiger partial charge >= 0.3 is 6.18 Å². The van der Waals surface area contributed by atoms with Gasteiger partial charge in [-0.1, -0.05) is 13.8 Å². The van der Waals surface area contributed by atoms with Crippen LogP contribution < -0.4 is 5.73 Å².